The summed E-state index contributed by atoms with van der Waals surface area (Å²) >= 11 is 0. The van der Waals surface area contributed by atoms with E-state index in [0.717, 1.165) is 32.1 Å². The van der Waals surface area contributed by atoms with Crippen LogP contribution in [0.2, 0.25) is 0 Å². The smallest absolute Gasteiger partial charge is 0.410 e. The molecule has 2 amide bonds. The quantitative estimate of drug-likeness (QED) is 0.847. The lowest BCUT2D eigenvalue weighted by Gasteiger charge is -2.44. The van der Waals surface area contributed by atoms with E-state index in [1.165, 1.54) is 12.0 Å². The van der Waals surface area contributed by atoms with Gasteiger partial charge in [0.15, 0.2) is 0 Å². The molecule has 2 aliphatic rings. The molecule has 1 atom stereocenters. The minimum atomic E-state index is -0.429. The number of hydrogen-bond acceptors (Lipinski definition) is 4. The third-order valence-corrected chi connectivity index (χ3v) is 4.90. The van der Waals surface area contributed by atoms with Gasteiger partial charge < -0.3 is 14.7 Å². The standard InChI is InChI=1S/C15H26N2O4/c1-16(10-15(11-18)7-5-8-15)13(19)12-6-3-4-9-17(12)14(20)21-2/h12,18H,3-11H2,1-2H3/t12-/m0/s1. The van der Waals surface area contributed by atoms with Gasteiger partial charge in [-0.3, -0.25) is 9.69 Å². The lowest BCUT2D eigenvalue weighted by molar-refractivity contribution is -0.139. The van der Waals surface area contributed by atoms with Gasteiger partial charge in [0.2, 0.25) is 5.91 Å². The number of carbonyl (C=O) groups excluding carboxylic acids is 2. The van der Waals surface area contributed by atoms with E-state index in [1.807, 2.05) is 0 Å². The average Bonchev–Trinajstić information content (AvgIpc) is 2.49. The van der Waals surface area contributed by atoms with Crippen molar-refractivity contribution in [1.82, 2.24) is 9.80 Å². The van der Waals surface area contributed by atoms with Crippen LogP contribution in [0.15, 0.2) is 0 Å². The first kappa shape index (κ1) is 16.1. The van der Waals surface area contributed by atoms with Gasteiger partial charge in [0, 0.05) is 25.6 Å². The fourth-order valence-electron chi connectivity index (χ4n) is 3.40. The molecule has 2 rings (SSSR count). The van der Waals surface area contributed by atoms with Crippen LogP contribution in [0.4, 0.5) is 4.79 Å². The lowest BCUT2D eigenvalue weighted by Crippen LogP contribution is -2.54. The summed E-state index contributed by atoms with van der Waals surface area (Å²) in [5, 5.41) is 9.53. The van der Waals surface area contributed by atoms with E-state index in [4.69, 9.17) is 4.74 Å². The first-order valence-corrected chi connectivity index (χ1v) is 7.73. The highest BCUT2D eigenvalue weighted by molar-refractivity contribution is 5.85. The van der Waals surface area contributed by atoms with Crippen molar-refractivity contribution < 1.29 is 19.4 Å². The number of likely N-dealkylation sites (tertiary alicyclic amines) is 1. The summed E-state index contributed by atoms with van der Waals surface area (Å²) in [5.41, 5.74) is -0.130. The maximum Gasteiger partial charge on any atom is 0.410 e. The van der Waals surface area contributed by atoms with Crippen LogP contribution in [-0.2, 0) is 9.53 Å². The normalized spacial score (nSPS) is 24.1. The second-order valence-electron chi connectivity index (χ2n) is 6.38. The van der Waals surface area contributed by atoms with E-state index >= 15 is 0 Å². The van der Waals surface area contributed by atoms with Crippen LogP contribution in [0.1, 0.15) is 38.5 Å². The highest BCUT2D eigenvalue weighted by Gasteiger charge is 2.41. The van der Waals surface area contributed by atoms with E-state index in [2.05, 4.69) is 0 Å². The van der Waals surface area contributed by atoms with Crippen molar-refractivity contribution in [3.05, 3.63) is 0 Å². The van der Waals surface area contributed by atoms with Crippen molar-refractivity contribution in [3.63, 3.8) is 0 Å². The molecule has 1 N–H and O–H groups in total. The largest absolute Gasteiger partial charge is 0.453 e. The second kappa shape index (κ2) is 6.64. The summed E-state index contributed by atoms with van der Waals surface area (Å²) in [7, 11) is 3.11. The lowest BCUT2D eigenvalue weighted by atomic mass is 9.69. The highest BCUT2D eigenvalue weighted by Crippen LogP contribution is 2.41. The first-order chi connectivity index (χ1) is 10.0. The van der Waals surface area contributed by atoms with Crippen molar-refractivity contribution in [2.45, 2.75) is 44.6 Å². The predicted molar refractivity (Wildman–Crippen MR) is 77.8 cm³/mol. The van der Waals surface area contributed by atoms with Gasteiger partial charge in [-0.15, -0.1) is 0 Å². The molecule has 0 bridgehead atoms. The monoisotopic (exact) mass is 298 g/mol. The van der Waals surface area contributed by atoms with Gasteiger partial charge in [-0.05, 0) is 32.1 Å². The second-order valence-corrected chi connectivity index (χ2v) is 6.38. The zero-order valence-electron chi connectivity index (χ0n) is 13.0. The minimum absolute atomic E-state index is 0.0418. The van der Waals surface area contributed by atoms with E-state index in [9.17, 15) is 14.7 Å². The molecule has 6 heteroatoms. The number of likely N-dealkylation sites (N-methyl/N-ethyl adjacent to an activating group) is 1. The summed E-state index contributed by atoms with van der Waals surface area (Å²) in [5.74, 6) is -0.0418. The molecule has 0 aromatic rings. The van der Waals surface area contributed by atoms with Crippen molar-refractivity contribution >= 4 is 12.0 Å². The van der Waals surface area contributed by atoms with Crippen molar-refractivity contribution in [1.29, 1.82) is 0 Å². The van der Waals surface area contributed by atoms with Crippen LogP contribution in [-0.4, -0.2) is 66.8 Å². The minimum Gasteiger partial charge on any atom is -0.453 e. The van der Waals surface area contributed by atoms with Crippen LogP contribution >= 0.6 is 0 Å². The number of aliphatic hydroxyl groups excluding tert-OH is 1. The van der Waals surface area contributed by atoms with E-state index in [-0.39, 0.29) is 17.9 Å². The van der Waals surface area contributed by atoms with Crippen molar-refractivity contribution in [3.8, 4) is 0 Å². The Labute approximate surface area is 126 Å². The number of piperidine rings is 1. The van der Waals surface area contributed by atoms with E-state index < -0.39 is 12.1 Å². The van der Waals surface area contributed by atoms with Gasteiger partial charge in [0.05, 0.1) is 13.7 Å². The van der Waals surface area contributed by atoms with Crippen molar-refractivity contribution in [2.75, 3.05) is 33.9 Å². The number of amides is 2. The molecule has 1 saturated carbocycles. The number of methoxy groups -OCH3 is 1. The summed E-state index contributed by atoms with van der Waals surface area (Å²) in [4.78, 5) is 27.7. The number of aliphatic hydroxyl groups is 1. The summed E-state index contributed by atoms with van der Waals surface area (Å²) in [6, 6.07) is -0.424. The molecule has 1 heterocycles. The molecule has 0 aromatic carbocycles. The SMILES string of the molecule is COC(=O)N1CCCC[C@H]1C(=O)N(C)CC1(CO)CCC1. The number of rotatable bonds is 4. The Balaban J connectivity index is 2.00. The van der Waals surface area contributed by atoms with Gasteiger partial charge >= 0.3 is 6.09 Å². The Kier molecular flexibility index (Phi) is 5.08. The third kappa shape index (κ3) is 3.31. The third-order valence-electron chi connectivity index (χ3n) is 4.90. The van der Waals surface area contributed by atoms with Gasteiger partial charge in [-0.1, -0.05) is 6.42 Å². The molecule has 0 radical (unpaired) electrons. The topological polar surface area (TPSA) is 70.1 Å². The molecule has 1 aliphatic heterocycles. The Morgan fingerprint density at radius 1 is 1.33 bits per heavy atom. The fraction of sp³-hybridized carbons (Fsp3) is 0.867. The molecule has 1 saturated heterocycles. The molecule has 120 valence electrons. The van der Waals surface area contributed by atoms with Gasteiger partial charge in [-0.25, -0.2) is 4.79 Å². The van der Waals surface area contributed by atoms with Gasteiger partial charge in [0.1, 0.15) is 6.04 Å². The molecule has 1 aliphatic carbocycles. The predicted octanol–water partition coefficient (Wildman–Crippen LogP) is 1.23. The maximum atomic E-state index is 12.7. The van der Waals surface area contributed by atoms with Crippen LogP contribution < -0.4 is 0 Å². The first-order valence-electron chi connectivity index (χ1n) is 7.73. The van der Waals surface area contributed by atoms with E-state index in [1.54, 1.807) is 11.9 Å². The van der Waals surface area contributed by atoms with Crippen LogP contribution in [0.3, 0.4) is 0 Å². The van der Waals surface area contributed by atoms with Crippen molar-refractivity contribution in [2.24, 2.45) is 5.41 Å². The Morgan fingerprint density at radius 3 is 2.57 bits per heavy atom. The Bertz CT molecular complexity index is 390. The Morgan fingerprint density at radius 2 is 2.05 bits per heavy atom. The number of hydrogen-bond donors (Lipinski definition) is 1. The maximum absolute atomic E-state index is 12.7. The number of nitrogens with zero attached hydrogens (tertiary/aromatic N) is 2. The summed E-state index contributed by atoms with van der Waals surface area (Å²) in [6.45, 7) is 1.26. The highest BCUT2D eigenvalue weighted by atomic mass is 16.5. The van der Waals surface area contributed by atoms with Gasteiger partial charge in [-0.2, -0.15) is 0 Å². The molecule has 0 spiro atoms. The molecule has 2 fully saturated rings. The summed E-state index contributed by atoms with van der Waals surface area (Å²) < 4.78 is 4.78. The molecule has 6 nitrogen and oxygen atoms in total. The van der Waals surface area contributed by atoms with Crippen LogP contribution in [0, 0.1) is 5.41 Å². The number of carbonyl (C=O) groups is 2. The molecular formula is C15H26N2O4. The summed E-state index contributed by atoms with van der Waals surface area (Å²) in [6.07, 6.45) is 5.15. The Hall–Kier alpha value is -1.30. The average molecular weight is 298 g/mol. The molecular weight excluding hydrogens is 272 g/mol. The number of ether oxygens (including phenoxy) is 1. The van der Waals surface area contributed by atoms with E-state index in [0.29, 0.717) is 19.5 Å². The molecule has 0 aromatic heterocycles. The molecule has 21 heavy (non-hydrogen) atoms. The molecule has 0 unspecified atom stereocenters. The zero-order chi connectivity index (χ0) is 15.5. The van der Waals surface area contributed by atoms with Crippen LogP contribution in [0.25, 0.3) is 0 Å². The van der Waals surface area contributed by atoms with Gasteiger partial charge in [0.25, 0.3) is 0 Å². The van der Waals surface area contributed by atoms with Crippen LogP contribution in [0.5, 0.6) is 0 Å². The zero-order valence-corrected chi connectivity index (χ0v) is 13.0. The fourth-order valence-corrected chi connectivity index (χ4v) is 3.40.